The number of carbonyl (C=O) groups is 2. The van der Waals surface area contributed by atoms with Crippen LogP contribution >= 0.6 is 0 Å². The first-order valence-electron chi connectivity index (χ1n) is 11.7. The van der Waals surface area contributed by atoms with Crippen molar-refractivity contribution < 1.29 is 28.9 Å². The summed E-state index contributed by atoms with van der Waals surface area (Å²) in [7, 11) is 1.61. The molecule has 1 fully saturated rings. The standard InChI is InChI=1S/C25H33N3O6/c1-25(2,3)34-24(31)27-10-7-16(8-11-27)9-12-28-15-21(23(29)30)33-20-14-26-19-6-5-17(32-4)13-18(19)22(20)28/h5-6,13-14,16,21H,7-12,15H2,1-4H3,(H,29,30). The molecule has 2 aromatic rings. The Kier molecular flexibility index (Phi) is 6.72. The topological polar surface area (TPSA) is 101 Å². The zero-order valence-electron chi connectivity index (χ0n) is 20.2. The van der Waals surface area contributed by atoms with Crippen LogP contribution in [-0.2, 0) is 9.53 Å². The highest BCUT2D eigenvalue weighted by Crippen LogP contribution is 2.40. The molecule has 9 heteroatoms. The summed E-state index contributed by atoms with van der Waals surface area (Å²) in [6, 6.07) is 5.66. The predicted octanol–water partition coefficient (Wildman–Crippen LogP) is 3.93. The van der Waals surface area contributed by atoms with Gasteiger partial charge in [-0.05, 0) is 64.2 Å². The molecule has 0 spiro atoms. The number of amides is 1. The number of carbonyl (C=O) groups excluding carboxylic acids is 1. The number of nitrogens with zero attached hydrogens (tertiary/aromatic N) is 3. The van der Waals surface area contributed by atoms with Crippen LogP contribution in [0.4, 0.5) is 10.5 Å². The van der Waals surface area contributed by atoms with Crippen molar-refractivity contribution in [2.75, 3.05) is 38.2 Å². The number of benzene rings is 1. The van der Waals surface area contributed by atoms with Crippen LogP contribution in [0.15, 0.2) is 24.4 Å². The fourth-order valence-electron chi connectivity index (χ4n) is 4.56. The third-order valence-electron chi connectivity index (χ3n) is 6.33. The number of anilines is 1. The SMILES string of the molecule is COc1ccc2ncc3c(c2c1)N(CCC1CCN(C(=O)OC(C)(C)C)CC1)CC(C(=O)O)O3. The average molecular weight is 472 g/mol. The Hall–Kier alpha value is -3.23. The lowest BCUT2D eigenvalue weighted by Gasteiger charge is -2.37. The summed E-state index contributed by atoms with van der Waals surface area (Å²) in [6.45, 7) is 7.90. The van der Waals surface area contributed by atoms with E-state index in [2.05, 4.69) is 9.88 Å². The van der Waals surface area contributed by atoms with Crippen molar-refractivity contribution in [3.05, 3.63) is 24.4 Å². The normalized spacial score (nSPS) is 18.9. The predicted molar refractivity (Wildman–Crippen MR) is 128 cm³/mol. The van der Waals surface area contributed by atoms with Gasteiger partial charge >= 0.3 is 12.1 Å². The highest BCUT2D eigenvalue weighted by molar-refractivity contribution is 5.96. The summed E-state index contributed by atoms with van der Waals surface area (Å²) in [5.41, 5.74) is 1.15. The summed E-state index contributed by atoms with van der Waals surface area (Å²) in [4.78, 5) is 32.4. The zero-order valence-corrected chi connectivity index (χ0v) is 20.2. The van der Waals surface area contributed by atoms with Gasteiger partial charge in [0, 0.05) is 25.0 Å². The Morgan fingerprint density at radius 1 is 1.24 bits per heavy atom. The molecule has 0 radical (unpaired) electrons. The van der Waals surface area contributed by atoms with E-state index < -0.39 is 17.7 Å². The summed E-state index contributed by atoms with van der Waals surface area (Å²) in [5, 5.41) is 10.5. The number of carboxylic acid groups (broad SMARTS) is 1. The van der Waals surface area contributed by atoms with Crippen LogP contribution < -0.4 is 14.4 Å². The lowest BCUT2D eigenvalue weighted by atomic mass is 9.93. The molecule has 0 bridgehead atoms. The Morgan fingerprint density at radius 2 is 1.97 bits per heavy atom. The molecule has 3 heterocycles. The Labute approximate surface area is 199 Å². The number of carboxylic acids is 1. The van der Waals surface area contributed by atoms with E-state index in [1.807, 2.05) is 39.0 Å². The van der Waals surface area contributed by atoms with Gasteiger partial charge in [-0.15, -0.1) is 0 Å². The minimum absolute atomic E-state index is 0.259. The van der Waals surface area contributed by atoms with E-state index in [1.54, 1.807) is 18.2 Å². The van der Waals surface area contributed by atoms with Crippen molar-refractivity contribution in [2.24, 2.45) is 5.92 Å². The molecule has 1 N–H and O–H groups in total. The van der Waals surface area contributed by atoms with E-state index >= 15 is 0 Å². The van der Waals surface area contributed by atoms with Gasteiger partial charge in [0.2, 0.25) is 6.10 Å². The van der Waals surface area contributed by atoms with Gasteiger partial charge in [0.25, 0.3) is 0 Å². The van der Waals surface area contributed by atoms with Crippen LogP contribution in [0, 0.1) is 5.92 Å². The number of aromatic nitrogens is 1. The number of ether oxygens (including phenoxy) is 3. The number of fused-ring (bicyclic) bond motifs is 3. The second-order valence-electron chi connectivity index (χ2n) is 9.94. The molecule has 34 heavy (non-hydrogen) atoms. The van der Waals surface area contributed by atoms with Crippen molar-refractivity contribution in [3.63, 3.8) is 0 Å². The van der Waals surface area contributed by atoms with Crippen LogP contribution in [0.5, 0.6) is 11.5 Å². The Balaban J connectivity index is 1.47. The van der Waals surface area contributed by atoms with Crippen molar-refractivity contribution in [2.45, 2.75) is 51.7 Å². The molecule has 184 valence electrons. The van der Waals surface area contributed by atoms with Gasteiger partial charge in [0.15, 0.2) is 5.75 Å². The number of pyridine rings is 1. The van der Waals surface area contributed by atoms with Crippen LogP contribution in [-0.4, -0.2) is 72.0 Å². The van der Waals surface area contributed by atoms with Gasteiger partial charge in [0.1, 0.15) is 11.4 Å². The van der Waals surface area contributed by atoms with Crippen molar-refractivity contribution in [1.29, 1.82) is 0 Å². The number of hydrogen-bond donors (Lipinski definition) is 1. The van der Waals surface area contributed by atoms with Crippen LogP contribution in [0.25, 0.3) is 10.9 Å². The third kappa shape index (κ3) is 5.29. The molecule has 1 atom stereocenters. The summed E-state index contributed by atoms with van der Waals surface area (Å²) in [6.07, 6.45) is 3.07. The van der Waals surface area contributed by atoms with E-state index in [0.29, 0.717) is 37.1 Å². The Morgan fingerprint density at radius 3 is 2.62 bits per heavy atom. The molecule has 0 saturated carbocycles. The Bertz CT molecular complexity index is 1060. The first-order chi connectivity index (χ1) is 16.1. The molecule has 1 aromatic carbocycles. The van der Waals surface area contributed by atoms with Crippen LogP contribution in [0.2, 0.25) is 0 Å². The minimum Gasteiger partial charge on any atom is -0.497 e. The van der Waals surface area contributed by atoms with Crippen LogP contribution in [0.3, 0.4) is 0 Å². The molecule has 1 unspecified atom stereocenters. The molecular weight excluding hydrogens is 438 g/mol. The maximum atomic E-state index is 12.3. The van der Waals surface area contributed by atoms with Gasteiger partial charge < -0.3 is 29.1 Å². The molecule has 1 saturated heterocycles. The van der Waals surface area contributed by atoms with Gasteiger partial charge in [0.05, 0.1) is 31.1 Å². The van der Waals surface area contributed by atoms with Crippen molar-refractivity contribution in [1.82, 2.24) is 9.88 Å². The fraction of sp³-hybridized carbons (Fsp3) is 0.560. The van der Waals surface area contributed by atoms with Crippen molar-refractivity contribution in [3.8, 4) is 11.5 Å². The maximum absolute atomic E-state index is 12.3. The monoisotopic (exact) mass is 471 g/mol. The number of hydrogen-bond acceptors (Lipinski definition) is 7. The smallest absolute Gasteiger partial charge is 0.410 e. The number of aliphatic carboxylic acids is 1. The lowest BCUT2D eigenvalue weighted by Crippen LogP contribution is -2.46. The maximum Gasteiger partial charge on any atom is 0.410 e. The highest BCUT2D eigenvalue weighted by Gasteiger charge is 2.33. The van der Waals surface area contributed by atoms with E-state index in [4.69, 9.17) is 14.2 Å². The number of rotatable bonds is 5. The van der Waals surface area contributed by atoms with Gasteiger partial charge in [-0.3, -0.25) is 4.98 Å². The molecule has 1 aromatic heterocycles. The molecule has 9 nitrogen and oxygen atoms in total. The van der Waals surface area contributed by atoms with Gasteiger partial charge in [-0.25, -0.2) is 9.59 Å². The number of methoxy groups -OCH3 is 1. The first kappa shape index (κ1) is 23.9. The lowest BCUT2D eigenvalue weighted by molar-refractivity contribution is -0.144. The van der Waals surface area contributed by atoms with Crippen LogP contribution in [0.1, 0.15) is 40.0 Å². The van der Waals surface area contributed by atoms with E-state index in [0.717, 1.165) is 35.9 Å². The second-order valence-corrected chi connectivity index (χ2v) is 9.94. The van der Waals surface area contributed by atoms with Gasteiger partial charge in [-0.1, -0.05) is 0 Å². The minimum atomic E-state index is -0.993. The quantitative estimate of drug-likeness (QED) is 0.700. The average Bonchev–Trinajstić information content (AvgIpc) is 2.80. The fourth-order valence-corrected chi connectivity index (χ4v) is 4.56. The number of piperidine rings is 1. The molecule has 2 aliphatic heterocycles. The number of likely N-dealkylation sites (tertiary alicyclic amines) is 1. The third-order valence-corrected chi connectivity index (χ3v) is 6.33. The molecular formula is C25H33N3O6. The highest BCUT2D eigenvalue weighted by atomic mass is 16.6. The zero-order chi connectivity index (χ0) is 24.5. The molecule has 1 amide bonds. The van der Waals surface area contributed by atoms with E-state index in [1.165, 1.54) is 0 Å². The second kappa shape index (κ2) is 9.56. The van der Waals surface area contributed by atoms with Crippen molar-refractivity contribution >= 4 is 28.7 Å². The van der Waals surface area contributed by atoms with E-state index in [-0.39, 0.29) is 12.6 Å². The molecule has 4 rings (SSSR count). The summed E-state index contributed by atoms with van der Waals surface area (Å²) >= 11 is 0. The first-order valence-corrected chi connectivity index (χ1v) is 11.7. The molecule has 2 aliphatic rings. The largest absolute Gasteiger partial charge is 0.497 e. The summed E-state index contributed by atoms with van der Waals surface area (Å²) < 4.78 is 16.7. The molecule has 0 aliphatic carbocycles. The van der Waals surface area contributed by atoms with E-state index in [9.17, 15) is 14.7 Å². The summed E-state index contributed by atoms with van der Waals surface area (Å²) in [5.74, 6) is 0.625. The van der Waals surface area contributed by atoms with Gasteiger partial charge in [-0.2, -0.15) is 0 Å².